The monoisotopic (exact) mass is 458 g/mol. The topological polar surface area (TPSA) is 96.3 Å². The highest BCUT2D eigenvalue weighted by molar-refractivity contribution is 5.94. The Morgan fingerprint density at radius 3 is 2.47 bits per heavy atom. The molecule has 0 spiro atoms. The summed E-state index contributed by atoms with van der Waals surface area (Å²) >= 11 is 0. The average molecular weight is 459 g/mol. The molecule has 2 amide bonds. The molecule has 3 N–H and O–H groups in total. The van der Waals surface area contributed by atoms with Gasteiger partial charge in [-0.1, -0.05) is 43.2 Å². The Balaban J connectivity index is 1.35. The maximum absolute atomic E-state index is 13.1. The summed E-state index contributed by atoms with van der Waals surface area (Å²) in [4.78, 5) is 25.1. The molecule has 3 aromatic rings. The van der Waals surface area contributed by atoms with Crippen LogP contribution in [0.4, 0.5) is 10.5 Å². The van der Waals surface area contributed by atoms with Gasteiger partial charge in [-0.25, -0.2) is 4.79 Å². The van der Waals surface area contributed by atoms with Crippen LogP contribution in [0.5, 0.6) is 5.75 Å². The minimum absolute atomic E-state index is 0.00730. The van der Waals surface area contributed by atoms with E-state index in [0.29, 0.717) is 23.5 Å². The number of nitrogens with zero attached hydrogens (tertiary/aromatic N) is 2. The van der Waals surface area contributed by atoms with E-state index in [1.54, 1.807) is 18.2 Å². The van der Waals surface area contributed by atoms with Gasteiger partial charge in [0.2, 0.25) is 5.91 Å². The van der Waals surface area contributed by atoms with E-state index in [1.807, 2.05) is 36.4 Å². The highest BCUT2D eigenvalue weighted by atomic mass is 16.3. The number of hydrogen-bond acceptors (Lipinski definition) is 4. The zero-order valence-electron chi connectivity index (χ0n) is 19.2. The van der Waals surface area contributed by atoms with Crippen LogP contribution in [0, 0.1) is 5.92 Å². The SMILES string of the molecule is O=C(Nc1ccc(-c2cc(C3CCCC3)n(C(=O)NCCc3ccccc3)n2)c(O)c1)C1CC1. The lowest BCUT2D eigenvalue weighted by Gasteiger charge is -2.12. The van der Waals surface area contributed by atoms with Crippen molar-refractivity contribution in [1.82, 2.24) is 15.1 Å². The second-order valence-corrected chi connectivity index (χ2v) is 9.31. The van der Waals surface area contributed by atoms with E-state index >= 15 is 0 Å². The van der Waals surface area contributed by atoms with Crippen LogP contribution in [0.3, 0.4) is 0 Å². The summed E-state index contributed by atoms with van der Waals surface area (Å²) in [6, 6.07) is 16.8. The van der Waals surface area contributed by atoms with Crippen molar-refractivity contribution < 1.29 is 14.7 Å². The first-order valence-corrected chi connectivity index (χ1v) is 12.1. The van der Waals surface area contributed by atoms with E-state index in [9.17, 15) is 14.7 Å². The Bertz CT molecular complexity index is 1180. The van der Waals surface area contributed by atoms with Crippen molar-refractivity contribution >= 4 is 17.6 Å². The standard InChI is InChI=1S/C27H30N4O3/c32-25-16-21(29-26(33)20-10-11-20)12-13-22(25)23-17-24(19-8-4-5-9-19)31(30-23)27(34)28-15-14-18-6-2-1-3-7-18/h1-3,6-7,12-13,16-17,19-20,32H,4-5,8-11,14-15H2,(H,28,34)(H,29,33). The van der Waals surface area contributed by atoms with Gasteiger partial charge in [-0.05, 0) is 55.9 Å². The molecule has 0 unspecified atom stereocenters. The van der Waals surface area contributed by atoms with Crippen LogP contribution in [-0.2, 0) is 11.2 Å². The molecular weight excluding hydrogens is 428 g/mol. The molecule has 0 saturated heterocycles. The van der Waals surface area contributed by atoms with Crippen LogP contribution in [0.25, 0.3) is 11.3 Å². The Hall–Kier alpha value is -3.61. The van der Waals surface area contributed by atoms with Gasteiger partial charge >= 0.3 is 6.03 Å². The molecule has 5 rings (SSSR count). The highest BCUT2D eigenvalue weighted by Gasteiger charge is 2.30. The minimum Gasteiger partial charge on any atom is -0.507 e. The van der Waals surface area contributed by atoms with Crippen molar-refractivity contribution in [1.29, 1.82) is 0 Å². The summed E-state index contributed by atoms with van der Waals surface area (Å²) in [5, 5.41) is 21.1. The van der Waals surface area contributed by atoms with Crippen LogP contribution in [0.1, 0.15) is 55.7 Å². The molecule has 1 aromatic heterocycles. The lowest BCUT2D eigenvalue weighted by molar-refractivity contribution is -0.117. The normalized spacial score (nSPS) is 15.9. The van der Waals surface area contributed by atoms with Crippen molar-refractivity contribution in [3.05, 3.63) is 65.9 Å². The van der Waals surface area contributed by atoms with Crippen LogP contribution < -0.4 is 10.6 Å². The molecule has 34 heavy (non-hydrogen) atoms. The molecule has 2 aliphatic carbocycles. The number of amides is 2. The maximum atomic E-state index is 13.1. The lowest BCUT2D eigenvalue weighted by Crippen LogP contribution is -2.32. The number of nitrogens with one attached hydrogen (secondary N) is 2. The molecule has 2 saturated carbocycles. The number of rotatable bonds is 7. The van der Waals surface area contributed by atoms with Gasteiger partial charge in [0.25, 0.3) is 0 Å². The third-order valence-electron chi connectivity index (χ3n) is 6.72. The molecule has 1 heterocycles. The zero-order valence-corrected chi connectivity index (χ0v) is 19.2. The molecule has 2 fully saturated rings. The van der Waals surface area contributed by atoms with Gasteiger partial charge in [-0.3, -0.25) is 4.79 Å². The number of hydrogen-bond donors (Lipinski definition) is 3. The van der Waals surface area contributed by atoms with Crippen LogP contribution >= 0.6 is 0 Å². The summed E-state index contributed by atoms with van der Waals surface area (Å²) < 4.78 is 1.47. The predicted molar refractivity (Wildman–Crippen MR) is 131 cm³/mol. The largest absolute Gasteiger partial charge is 0.507 e. The van der Waals surface area contributed by atoms with Crippen molar-refractivity contribution in [3.63, 3.8) is 0 Å². The molecule has 2 aromatic carbocycles. The second kappa shape index (κ2) is 9.71. The third-order valence-corrected chi connectivity index (χ3v) is 6.72. The fraction of sp³-hybridized carbons (Fsp3) is 0.370. The Morgan fingerprint density at radius 2 is 1.76 bits per heavy atom. The van der Waals surface area contributed by atoms with Crippen molar-refractivity contribution in [2.45, 2.75) is 50.9 Å². The van der Waals surface area contributed by atoms with Gasteiger partial charge in [-0.2, -0.15) is 9.78 Å². The molecule has 176 valence electrons. The Labute approximate surface area is 199 Å². The fourth-order valence-corrected chi connectivity index (χ4v) is 4.65. The number of benzene rings is 2. The summed E-state index contributed by atoms with van der Waals surface area (Å²) in [6.07, 6.45) is 6.92. The molecule has 7 heteroatoms. The van der Waals surface area contributed by atoms with E-state index in [4.69, 9.17) is 0 Å². The number of phenols is 1. The molecule has 0 aliphatic heterocycles. The summed E-state index contributed by atoms with van der Waals surface area (Å²) in [6.45, 7) is 0.517. The average Bonchev–Trinajstić information content (AvgIpc) is 3.37. The first-order valence-electron chi connectivity index (χ1n) is 12.1. The Morgan fingerprint density at radius 1 is 1.00 bits per heavy atom. The number of aromatic nitrogens is 2. The number of anilines is 1. The third kappa shape index (κ3) is 4.98. The van der Waals surface area contributed by atoms with Crippen LogP contribution in [0.15, 0.2) is 54.6 Å². The quantitative estimate of drug-likeness (QED) is 0.461. The summed E-state index contributed by atoms with van der Waals surface area (Å²) in [5.74, 6) is 0.389. The predicted octanol–water partition coefficient (Wildman–Crippen LogP) is 5.06. The summed E-state index contributed by atoms with van der Waals surface area (Å²) in [7, 11) is 0. The summed E-state index contributed by atoms with van der Waals surface area (Å²) in [5.41, 5.74) is 3.71. The van der Waals surface area contributed by atoms with Crippen LogP contribution in [-0.4, -0.2) is 33.4 Å². The van der Waals surface area contributed by atoms with E-state index in [0.717, 1.165) is 50.6 Å². The van der Waals surface area contributed by atoms with Gasteiger partial charge in [-0.15, -0.1) is 0 Å². The highest BCUT2D eigenvalue weighted by Crippen LogP contribution is 2.38. The fourth-order valence-electron chi connectivity index (χ4n) is 4.65. The van der Waals surface area contributed by atoms with Crippen molar-refractivity contribution in [2.24, 2.45) is 5.92 Å². The first-order chi connectivity index (χ1) is 16.6. The number of carbonyl (C=O) groups excluding carboxylic acids is 2. The first kappa shape index (κ1) is 22.2. The maximum Gasteiger partial charge on any atom is 0.342 e. The van der Waals surface area contributed by atoms with Crippen molar-refractivity contribution in [3.8, 4) is 17.0 Å². The van der Waals surface area contributed by atoms with E-state index < -0.39 is 0 Å². The van der Waals surface area contributed by atoms with Gasteiger partial charge in [0.15, 0.2) is 0 Å². The van der Waals surface area contributed by atoms with Crippen LogP contribution in [0.2, 0.25) is 0 Å². The van der Waals surface area contributed by atoms with E-state index in [-0.39, 0.29) is 29.5 Å². The number of aromatic hydroxyl groups is 1. The Kier molecular flexibility index (Phi) is 6.34. The van der Waals surface area contributed by atoms with E-state index in [1.165, 1.54) is 10.2 Å². The molecule has 2 aliphatic rings. The smallest absolute Gasteiger partial charge is 0.342 e. The van der Waals surface area contributed by atoms with Gasteiger partial charge in [0, 0.05) is 35.7 Å². The molecule has 0 radical (unpaired) electrons. The lowest BCUT2D eigenvalue weighted by atomic mass is 10.0. The zero-order chi connectivity index (χ0) is 23.5. The van der Waals surface area contributed by atoms with Gasteiger partial charge < -0.3 is 15.7 Å². The molecular formula is C27H30N4O3. The van der Waals surface area contributed by atoms with Crippen molar-refractivity contribution in [2.75, 3.05) is 11.9 Å². The van der Waals surface area contributed by atoms with Gasteiger partial charge in [0.1, 0.15) is 5.75 Å². The van der Waals surface area contributed by atoms with Gasteiger partial charge in [0.05, 0.1) is 11.4 Å². The minimum atomic E-state index is -0.253. The number of carbonyl (C=O) groups is 2. The molecule has 0 atom stereocenters. The van der Waals surface area contributed by atoms with E-state index in [2.05, 4.69) is 15.7 Å². The molecule has 0 bridgehead atoms. The number of phenolic OH excluding ortho intramolecular Hbond substituents is 1. The second-order valence-electron chi connectivity index (χ2n) is 9.31. The molecule has 7 nitrogen and oxygen atoms in total.